The van der Waals surface area contributed by atoms with Crippen LogP contribution >= 0.6 is 0 Å². The van der Waals surface area contributed by atoms with Gasteiger partial charge in [-0.3, -0.25) is 0 Å². The van der Waals surface area contributed by atoms with Crippen molar-refractivity contribution in [3.8, 4) is 17.4 Å². The highest BCUT2D eigenvalue weighted by Crippen LogP contribution is 2.26. The van der Waals surface area contributed by atoms with Crippen molar-refractivity contribution in [1.82, 2.24) is 24.7 Å². The maximum Gasteiger partial charge on any atom is 0.273 e. The number of hydrogen-bond acceptors (Lipinski definition) is 6. The minimum Gasteiger partial charge on any atom is -0.493 e. The molecule has 0 aliphatic heterocycles. The van der Waals surface area contributed by atoms with Crippen LogP contribution in [0.4, 0.5) is 0 Å². The summed E-state index contributed by atoms with van der Waals surface area (Å²) in [5, 5.41) is 17.2. The Morgan fingerprint density at radius 2 is 1.76 bits per heavy atom. The third-order valence-electron chi connectivity index (χ3n) is 3.71. The molecule has 8 nitrogen and oxygen atoms in total. The third kappa shape index (κ3) is 3.23. The summed E-state index contributed by atoms with van der Waals surface area (Å²) in [4.78, 5) is 0. The first-order valence-corrected chi connectivity index (χ1v) is 7.75. The SMILES string of the molecule is COc1ccc(C=Nn2c(C)nnc2-n2nc(C)cc2C)cc1OC. The van der Waals surface area contributed by atoms with Crippen LogP contribution < -0.4 is 9.47 Å². The van der Waals surface area contributed by atoms with Gasteiger partial charge in [0.05, 0.1) is 26.1 Å². The van der Waals surface area contributed by atoms with E-state index in [-0.39, 0.29) is 0 Å². The van der Waals surface area contributed by atoms with E-state index in [0.717, 1.165) is 17.0 Å². The van der Waals surface area contributed by atoms with Crippen molar-refractivity contribution in [2.75, 3.05) is 14.2 Å². The molecule has 3 aromatic rings. The topological polar surface area (TPSA) is 79.4 Å². The molecule has 1 aromatic carbocycles. The molecule has 0 aliphatic carbocycles. The van der Waals surface area contributed by atoms with Crippen LogP contribution in [0.1, 0.15) is 22.8 Å². The van der Waals surface area contributed by atoms with E-state index in [9.17, 15) is 0 Å². The Hall–Kier alpha value is -3.16. The summed E-state index contributed by atoms with van der Waals surface area (Å²) in [6.45, 7) is 5.74. The summed E-state index contributed by atoms with van der Waals surface area (Å²) in [6.07, 6.45) is 1.72. The fourth-order valence-corrected chi connectivity index (χ4v) is 2.50. The Balaban J connectivity index is 1.97. The maximum atomic E-state index is 5.32. The Morgan fingerprint density at radius 1 is 1.00 bits per heavy atom. The van der Waals surface area contributed by atoms with Crippen LogP contribution in [0.25, 0.3) is 5.95 Å². The first-order valence-electron chi connectivity index (χ1n) is 7.75. The highest BCUT2D eigenvalue weighted by molar-refractivity contribution is 5.80. The largest absolute Gasteiger partial charge is 0.493 e. The second-order valence-electron chi connectivity index (χ2n) is 5.56. The smallest absolute Gasteiger partial charge is 0.273 e. The molecular weight excluding hydrogens is 320 g/mol. The molecule has 0 aliphatic rings. The average Bonchev–Trinajstić information content (AvgIpc) is 3.13. The van der Waals surface area contributed by atoms with Crippen LogP contribution in [0.3, 0.4) is 0 Å². The molecule has 0 radical (unpaired) electrons. The van der Waals surface area contributed by atoms with Crippen LogP contribution in [0.2, 0.25) is 0 Å². The zero-order valence-corrected chi connectivity index (χ0v) is 14.9. The van der Waals surface area contributed by atoms with Crippen molar-refractivity contribution in [2.24, 2.45) is 5.10 Å². The van der Waals surface area contributed by atoms with Crippen molar-refractivity contribution < 1.29 is 9.47 Å². The van der Waals surface area contributed by atoms with Gasteiger partial charge in [-0.1, -0.05) is 0 Å². The molecule has 0 bridgehead atoms. The number of benzene rings is 1. The van der Waals surface area contributed by atoms with Crippen LogP contribution in [0.15, 0.2) is 29.4 Å². The molecule has 2 aromatic heterocycles. The quantitative estimate of drug-likeness (QED) is 0.666. The van der Waals surface area contributed by atoms with Gasteiger partial charge in [0.2, 0.25) is 0 Å². The zero-order valence-electron chi connectivity index (χ0n) is 14.9. The summed E-state index contributed by atoms with van der Waals surface area (Å²) in [5.74, 6) is 2.52. The van der Waals surface area contributed by atoms with Crippen LogP contribution in [-0.2, 0) is 0 Å². The minimum atomic E-state index is 0.542. The highest BCUT2D eigenvalue weighted by atomic mass is 16.5. The van der Waals surface area contributed by atoms with Gasteiger partial charge in [-0.2, -0.15) is 14.9 Å². The molecule has 0 atom stereocenters. The van der Waals surface area contributed by atoms with E-state index >= 15 is 0 Å². The summed E-state index contributed by atoms with van der Waals surface area (Å²) in [6, 6.07) is 7.56. The molecule has 0 unspecified atom stereocenters. The van der Waals surface area contributed by atoms with Gasteiger partial charge in [0.1, 0.15) is 0 Å². The van der Waals surface area contributed by atoms with Crippen molar-refractivity contribution in [2.45, 2.75) is 20.8 Å². The fraction of sp³-hybridized carbons (Fsp3) is 0.294. The number of hydrogen-bond donors (Lipinski definition) is 0. The number of ether oxygens (including phenoxy) is 2. The van der Waals surface area contributed by atoms with E-state index in [1.165, 1.54) is 0 Å². The number of nitrogens with zero attached hydrogens (tertiary/aromatic N) is 6. The van der Waals surface area contributed by atoms with E-state index < -0.39 is 0 Å². The van der Waals surface area contributed by atoms with Crippen LogP contribution in [-0.4, -0.2) is 45.1 Å². The lowest BCUT2D eigenvalue weighted by molar-refractivity contribution is 0.355. The lowest BCUT2D eigenvalue weighted by atomic mass is 10.2. The molecule has 130 valence electrons. The second kappa shape index (κ2) is 6.76. The van der Waals surface area contributed by atoms with Crippen LogP contribution in [0.5, 0.6) is 11.5 Å². The third-order valence-corrected chi connectivity index (χ3v) is 3.71. The van der Waals surface area contributed by atoms with E-state index in [2.05, 4.69) is 20.4 Å². The van der Waals surface area contributed by atoms with Crippen LogP contribution in [0, 0.1) is 20.8 Å². The molecule has 0 spiro atoms. The molecule has 0 saturated heterocycles. The van der Waals surface area contributed by atoms with Gasteiger partial charge in [0, 0.05) is 5.69 Å². The van der Waals surface area contributed by atoms with Gasteiger partial charge in [0.25, 0.3) is 5.95 Å². The molecular formula is C17H20N6O2. The van der Waals surface area contributed by atoms with E-state index in [1.54, 1.807) is 29.8 Å². The van der Waals surface area contributed by atoms with E-state index in [0.29, 0.717) is 23.3 Å². The predicted octanol–water partition coefficient (Wildman–Crippen LogP) is 2.29. The number of rotatable bonds is 5. The Labute approximate surface area is 145 Å². The van der Waals surface area contributed by atoms with Gasteiger partial charge in [-0.15, -0.1) is 10.2 Å². The van der Waals surface area contributed by atoms with Crippen molar-refractivity contribution in [3.05, 3.63) is 47.0 Å². The number of aromatic nitrogens is 5. The molecule has 0 amide bonds. The van der Waals surface area contributed by atoms with Crippen molar-refractivity contribution in [3.63, 3.8) is 0 Å². The summed E-state index contributed by atoms with van der Waals surface area (Å²) < 4.78 is 13.9. The Kier molecular flexibility index (Phi) is 4.51. The fourth-order valence-electron chi connectivity index (χ4n) is 2.50. The lowest BCUT2D eigenvalue weighted by Gasteiger charge is -2.07. The number of methoxy groups -OCH3 is 2. The van der Waals surface area contributed by atoms with E-state index in [4.69, 9.17) is 9.47 Å². The maximum absolute atomic E-state index is 5.32. The van der Waals surface area contributed by atoms with Gasteiger partial charge in [0.15, 0.2) is 17.3 Å². The molecule has 0 saturated carbocycles. The van der Waals surface area contributed by atoms with Crippen molar-refractivity contribution in [1.29, 1.82) is 0 Å². The summed E-state index contributed by atoms with van der Waals surface area (Å²) >= 11 is 0. The van der Waals surface area contributed by atoms with Gasteiger partial charge in [-0.25, -0.2) is 4.68 Å². The molecule has 3 rings (SSSR count). The predicted molar refractivity (Wildman–Crippen MR) is 93.9 cm³/mol. The standard InChI is InChI=1S/C17H20N6O2/c1-11-8-12(2)22(21-11)17-20-19-13(3)23(17)18-10-14-6-7-15(24-4)16(9-14)25-5/h6-10H,1-5H3. The summed E-state index contributed by atoms with van der Waals surface area (Å²) in [7, 11) is 3.20. The number of aryl methyl sites for hydroxylation is 3. The average molecular weight is 340 g/mol. The second-order valence-corrected chi connectivity index (χ2v) is 5.56. The Morgan fingerprint density at radius 3 is 2.40 bits per heavy atom. The van der Waals surface area contributed by atoms with Gasteiger partial charge in [-0.05, 0) is 50.6 Å². The minimum absolute atomic E-state index is 0.542. The molecule has 0 fully saturated rings. The summed E-state index contributed by atoms with van der Waals surface area (Å²) in [5.41, 5.74) is 2.74. The van der Waals surface area contributed by atoms with Gasteiger partial charge >= 0.3 is 0 Å². The zero-order chi connectivity index (χ0) is 18.0. The molecule has 2 heterocycles. The lowest BCUT2D eigenvalue weighted by Crippen LogP contribution is -2.08. The Bertz CT molecular complexity index is 925. The highest BCUT2D eigenvalue weighted by Gasteiger charge is 2.13. The van der Waals surface area contributed by atoms with E-state index in [1.807, 2.05) is 45.0 Å². The van der Waals surface area contributed by atoms with Crippen molar-refractivity contribution >= 4 is 6.21 Å². The first kappa shape index (κ1) is 16.7. The molecule has 0 N–H and O–H groups in total. The molecule has 8 heteroatoms. The first-order chi connectivity index (χ1) is 12.0. The monoisotopic (exact) mass is 340 g/mol. The van der Waals surface area contributed by atoms with Gasteiger partial charge < -0.3 is 9.47 Å². The normalized spacial score (nSPS) is 11.2. The molecule has 25 heavy (non-hydrogen) atoms.